The van der Waals surface area contributed by atoms with Crippen LogP contribution in [0.3, 0.4) is 0 Å². The molecule has 2 nitrogen and oxygen atoms in total. The van der Waals surface area contributed by atoms with E-state index in [1.54, 1.807) is 0 Å². The molecule has 0 aliphatic heterocycles. The van der Waals surface area contributed by atoms with Gasteiger partial charge in [-0.15, -0.1) is 0 Å². The number of alkyl halides is 1. The van der Waals surface area contributed by atoms with Crippen molar-refractivity contribution < 1.29 is 8.42 Å². The summed E-state index contributed by atoms with van der Waals surface area (Å²) >= 11 is 3.55. The zero-order chi connectivity index (χ0) is 11.4. The van der Waals surface area contributed by atoms with Crippen molar-refractivity contribution in [3.8, 4) is 0 Å². The third kappa shape index (κ3) is 4.06. The summed E-state index contributed by atoms with van der Waals surface area (Å²) in [4.78, 5) is 0. The molecule has 0 aromatic heterocycles. The summed E-state index contributed by atoms with van der Waals surface area (Å²) < 4.78 is 23.3. The highest BCUT2D eigenvalue weighted by Gasteiger charge is 2.33. The summed E-state index contributed by atoms with van der Waals surface area (Å²) in [5, 5.41) is 0.960. The van der Waals surface area contributed by atoms with Gasteiger partial charge in [0.15, 0.2) is 0 Å². The van der Waals surface area contributed by atoms with Gasteiger partial charge >= 0.3 is 0 Å². The number of sulfone groups is 1. The van der Waals surface area contributed by atoms with E-state index >= 15 is 0 Å². The largest absolute Gasteiger partial charge is 0.229 e. The Labute approximate surface area is 102 Å². The second-order valence-electron chi connectivity index (χ2n) is 4.74. The van der Waals surface area contributed by atoms with Crippen molar-refractivity contribution in [1.29, 1.82) is 0 Å². The molecule has 0 heterocycles. The maximum absolute atomic E-state index is 11.6. The zero-order valence-electron chi connectivity index (χ0n) is 9.47. The van der Waals surface area contributed by atoms with E-state index in [1.165, 1.54) is 25.7 Å². The molecule has 0 aromatic carbocycles. The quantitative estimate of drug-likeness (QED) is 0.706. The highest BCUT2D eigenvalue weighted by molar-refractivity contribution is 9.09. The van der Waals surface area contributed by atoms with Gasteiger partial charge in [-0.3, -0.25) is 0 Å². The fourth-order valence-corrected chi connectivity index (χ4v) is 4.77. The highest BCUT2D eigenvalue weighted by Crippen LogP contribution is 2.42. The molecule has 1 saturated carbocycles. The second kappa shape index (κ2) is 5.67. The monoisotopic (exact) mass is 296 g/mol. The van der Waals surface area contributed by atoms with E-state index in [-0.39, 0.29) is 5.41 Å². The predicted octanol–water partition coefficient (Wildman–Crippen LogP) is 3.16. The van der Waals surface area contributed by atoms with E-state index in [4.69, 9.17) is 0 Å². The van der Waals surface area contributed by atoms with E-state index in [1.807, 2.05) is 6.92 Å². The topological polar surface area (TPSA) is 34.1 Å². The van der Waals surface area contributed by atoms with Gasteiger partial charge in [0.2, 0.25) is 0 Å². The maximum Gasteiger partial charge on any atom is 0.150 e. The second-order valence-corrected chi connectivity index (χ2v) is 7.61. The molecule has 0 amide bonds. The van der Waals surface area contributed by atoms with E-state index in [0.29, 0.717) is 11.5 Å². The Morgan fingerprint density at radius 2 is 1.80 bits per heavy atom. The maximum atomic E-state index is 11.6. The first-order chi connectivity index (χ1) is 7.04. The van der Waals surface area contributed by atoms with Crippen LogP contribution in [0.25, 0.3) is 0 Å². The smallest absolute Gasteiger partial charge is 0.150 e. The molecule has 1 fully saturated rings. The van der Waals surface area contributed by atoms with Crippen molar-refractivity contribution in [2.75, 3.05) is 16.8 Å². The van der Waals surface area contributed by atoms with Crippen LogP contribution in [-0.2, 0) is 9.84 Å². The molecule has 0 atom stereocenters. The van der Waals surface area contributed by atoms with Crippen molar-refractivity contribution in [1.82, 2.24) is 0 Å². The van der Waals surface area contributed by atoms with Gasteiger partial charge in [-0.05, 0) is 31.1 Å². The van der Waals surface area contributed by atoms with E-state index in [0.717, 1.165) is 18.2 Å². The lowest BCUT2D eigenvalue weighted by Crippen LogP contribution is -2.23. The van der Waals surface area contributed by atoms with Gasteiger partial charge in [0.05, 0.1) is 5.75 Å². The normalized spacial score (nSPS) is 20.7. The van der Waals surface area contributed by atoms with Gasteiger partial charge in [0, 0.05) is 11.1 Å². The Balaban J connectivity index is 2.47. The minimum atomic E-state index is -2.79. The molecule has 15 heavy (non-hydrogen) atoms. The predicted molar refractivity (Wildman–Crippen MR) is 68.3 cm³/mol. The molecule has 0 unspecified atom stereocenters. The first kappa shape index (κ1) is 13.5. The number of halogens is 1. The van der Waals surface area contributed by atoms with Crippen LogP contribution in [0.5, 0.6) is 0 Å². The Bertz CT molecular complexity index is 279. The highest BCUT2D eigenvalue weighted by atomic mass is 79.9. The first-order valence-corrected chi connectivity index (χ1v) is 8.74. The van der Waals surface area contributed by atoms with Gasteiger partial charge in [-0.25, -0.2) is 8.42 Å². The van der Waals surface area contributed by atoms with Gasteiger partial charge in [0.25, 0.3) is 0 Å². The molecule has 0 saturated heterocycles. The van der Waals surface area contributed by atoms with E-state index < -0.39 is 9.84 Å². The molecule has 0 radical (unpaired) electrons. The Hall–Kier alpha value is 0.430. The lowest BCUT2D eigenvalue weighted by atomic mass is 9.86. The lowest BCUT2D eigenvalue weighted by Gasteiger charge is -2.26. The Morgan fingerprint density at radius 1 is 1.20 bits per heavy atom. The van der Waals surface area contributed by atoms with Crippen molar-refractivity contribution in [3.05, 3.63) is 0 Å². The minimum Gasteiger partial charge on any atom is -0.229 e. The molecule has 1 aliphatic rings. The van der Waals surface area contributed by atoms with Crippen LogP contribution in [0.4, 0.5) is 0 Å². The van der Waals surface area contributed by atoms with Gasteiger partial charge in [0.1, 0.15) is 9.84 Å². The molecule has 1 aliphatic carbocycles. The molecule has 0 bridgehead atoms. The number of rotatable bonds is 6. The van der Waals surface area contributed by atoms with Crippen molar-refractivity contribution >= 4 is 25.8 Å². The van der Waals surface area contributed by atoms with Crippen LogP contribution >= 0.6 is 15.9 Å². The SMILES string of the molecule is CCCS(=O)(=O)CCC1(CBr)CCCC1. The van der Waals surface area contributed by atoms with E-state index in [9.17, 15) is 8.42 Å². The third-order valence-electron chi connectivity index (χ3n) is 3.41. The summed E-state index contributed by atoms with van der Waals surface area (Å²) in [5.41, 5.74) is 0.279. The van der Waals surface area contributed by atoms with Crippen molar-refractivity contribution in [2.24, 2.45) is 5.41 Å². The van der Waals surface area contributed by atoms with Crippen LogP contribution in [0.15, 0.2) is 0 Å². The lowest BCUT2D eigenvalue weighted by molar-refractivity contribution is 0.336. The standard InChI is InChI=1S/C11H21BrO2S/c1-2-8-15(13,14)9-7-11(10-12)5-3-4-6-11/h2-10H2,1H3. The number of hydrogen-bond acceptors (Lipinski definition) is 2. The van der Waals surface area contributed by atoms with Crippen LogP contribution in [0.1, 0.15) is 45.4 Å². The molecular weight excluding hydrogens is 276 g/mol. The van der Waals surface area contributed by atoms with Crippen LogP contribution in [-0.4, -0.2) is 25.3 Å². The van der Waals surface area contributed by atoms with E-state index in [2.05, 4.69) is 15.9 Å². The average Bonchev–Trinajstić information content (AvgIpc) is 2.64. The average molecular weight is 297 g/mol. The van der Waals surface area contributed by atoms with Gasteiger partial charge < -0.3 is 0 Å². The molecule has 0 N–H and O–H groups in total. The molecule has 4 heteroatoms. The first-order valence-electron chi connectivity index (χ1n) is 5.80. The van der Waals surface area contributed by atoms with Crippen molar-refractivity contribution in [2.45, 2.75) is 45.4 Å². The summed E-state index contributed by atoms with van der Waals surface area (Å²) in [7, 11) is -2.79. The summed E-state index contributed by atoms with van der Waals surface area (Å²) in [6.07, 6.45) is 6.50. The molecule has 1 rings (SSSR count). The molecule has 0 aromatic rings. The van der Waals surface area contributed by atoms with Crippen LogP contribution in [0, 0.1) is 5.41 Å². The molecular formula is C11H21BrO2S. The summed E-state index contributed by atoms with van der Waals surface area (Å²) in [5.74, 6) is 0.734. The van der Waals surface area contributed by atoms with Gasteiger partial charge in [-0.2, -0.15) is 0 Å². The Morgan fingerprint density at radius 3 is 2.27 bits per heavy atom. The molecule has 90 valence electrons. The fourth-order valence-electron chi connectivity index (χ4n) is 2.36. The summed E-state index contributed by atoms with van der Waals surface area (Å²) in [6, 6.07) is 0. The third-order valence-corrected chi connectivity index (χ3v) is 6.45. The van der Waals surface area contributed by atoms with Crippen LogP contribution < -0.4 is 0 Å². The van der Waals surface area contributed by atoms with Crippen LogP contribution in [0.2, 0.25) is 0 Å². The summed E-state index contributed by atoms with van der Waals surface area (Å²) in [6.45, 7) is 1.92. The molecule has 0 spiro atoms. The van der Waals surface area contributed by atoms with Crippen molar-refractivity contribution in [3.63, 3.8) is 0 Å². The number of hydrogen-bond donors (Lipinski definition) is 0. The Kier molecular flexibility index (Phi) is 5.10. The fraction of sp³-hybridized carbons (Fsp3) is 1.00. The minimum absolute atomic E-state index is 0.279. The van der Waals surface area contributed by atoms with Gasteiger partial charge in [-0.1, -0.05) is 35.7 Å². The zero-order valence-corrected chi connectivity index (χ0v) is 11.9.